The molecular weight excluding hydrogens is 266 g/mol. The predicted octanol–water partition coefficient (Wildman–Crippen LogP) is -0.0401. The van der Waals surface area contributed by atoms with Crippen molar-refractivity contribution in [3.63, 3.8) is 0 Å². The summed E-state index contributed by atoms with van der Waals surface area (Å²) in [6, 6.07) is 0. The van der Waals surface area contributed by atoms with Gasteiger partial charge in [0.05, 0.1) is 6.61 Å². The minimum atomic E-state index is -0.689. The average Bonchev–Trinajstić information content (AvgIpc) is 2.70. The van der Waals surface area contributed by atoms with Gasteiger partial charge in [-0.2, -0.15) is 0 Å². The minimum Gasteiger partial charge on any atom is -0.462 e. The molecule has 0 saturated carbocycles. The van der Waals surface area contributed by atoms with E-state index in [0.717, 1.165) is 10.9 Å². The van der Waals surface area contributed by atoms with Crippen LogP contribution in [0.2, 0.25) is 0 Å². The lowest BCUT2D eigenvalue weighted by Gasteiger charge is -2.02. The number of hydrogen-bond acceptors (Lipinski definition) is 6. The van der Waals surface area contributed by atoms with Gasteiger partial charge in [-0.05, 0) is 13.8 Å². The summed E-state index contributed by atoms with van der Waals surface area (Å²) in [6.45, 7) is 3.03. The second kappa shape index (κ2) is 5.16. The number of amides is 1. The van der Waals surface area contributed by atoms with E-state index in [1.165, 1.54) is 6.92 Å². The number of esters is 1. The normalized spacial score (nSPS) is 10.7. The van der Waals surface area contributed by atoms with Gasteiger partial charge in [-0.25, -0.2) is 9.78 Å². The van der Waals surface area contributed by atoms with Gasteiger partial charge < -0.3 is 14.9 Å². The molecule has 0 atom stereocenters. The number of ether oxygens (including phenoxy) is 1. The summed E-state index contributed by atoms with van der Waals surface area (Å²) in [6.07, 6.45) is 1.15. The molecule has 0 radical (unpaired) electrons. The maximum atomic E-state index is 12.3. The molecule has 2 aromatic heterocycles. The van der Waals surface area contributed by atoms with E-state index in [9.17, 15) is 14.4 Å². The van der Waals surface area contributed by atoms with Crippen LogP contribution in [0.15, 0.2) is 15.5 Å². The summed E-state index contributed by atoms with van der Waals surface area (Å²) in [7, 11) is 0. The Morgan fingerprint density at radius 2 is 2.20 bits per heavy atom. The zero-order valence-electron chi connectivity index (χ0n) is 11.0. The minimum absolute atomic E-state index is 0.00954. The Morgan fingerprint density at radius 3 is 2.80 bits per heavy atom. The van der Waals surface area contributed by atoms with Crippen molar-refractivity contribution in [3.05, 3.63) is 28.0 Å². The van der Waals surface area contributed by atoms with E-state index in [-0.39, 0.29) is 35.6 Å². The zero-order valence-corrected chi connectivity index (χ0v) is 11.0. The average molecular weight is 279 g/mol. The van der Waals surface area contributed by atoms with Crippen molar-refractivity contribution in [1.82, 2.24) is 9.55 Å². The number of aryl methyl sites for hydroxylation is 1. The summed E-state index contributed by atoms with van der Waals surface area (Å²) in [5.41, 5.74) is 4.52. The highest BCUT2D eigenvalue weighted by Gasteiger charge is 2.23. The first kappa shape index (κ1) is 13.8. The molecule has 2 rings (SSSR count). The van der Waals surface area contributed by atoms with Crippen LogP contribution in [0.3, 0.4) is 0 Å². The van der Waals surface area contributed by atoms with Gasteiger partial charge in [-0.1, -0.05) is 0 Å². The van der Waals surface area contributed by atoms with Crippen LogP contribution in [0.1, 0.15) is 23.0 Å². The molecule has 0 spiro atoms. The third-order valence-electron chi connectivity index (χ3n) is 2.66. The second-order valence-electron chi connectivity index (χ2n) is 4.08. The van der Waals surface area contributed by atoms with Gasteiger partial charge in [0.1, 0.15) is 29.6 Å². The first-order valence-corrected chi connectivity index (χ1v) is 5.89. The third kappa shape index (κ3) is 2.27. The van der Waals surface area contributed by atoms with Gasteiger partial charge in [-0.3, -0.25) is 14.2 Å². The van der Waals surface area contributed by atoms with Crippen molar-refractivity contribution in [2.75, 3.05) is 6.61 Å². The van der Waals surface area contributed by atoms with Crippen molar-refractivity contribution in [1.29, 1.82) is 0 Å². The molecule has 2 N–H and O–H groups in total. The lowest BCUT2D eigenvalue weighted by Crippen LogP contribution is -2.28. The topological polar surface area (TPSA) is 117 Å². The van der Waals surface area contributed by atoms with E-state index >= 15 is 0 Å². The summed E-state index contributed by atoms with van der Waals surface area (Å²) in [4.78, 5) is 38.9. The molecule has 0 fully saturated rings. The molecule has 0 bridgehead atoms. The van der Waals surface area contributed by atoms with E-state index in [1.807, 2.05) is 0 Å². The summed E-state index contributed by atoms with van der Waals surface area (Å²) < 4.78 is 11.2. The molecule has 1 amide bonds. The van der Waals surface area contributed by atoms with Crippen molar-refractivity contribution in [2.24, 2.45) is 5.73 Å². The molecule has 0 unspecified atom stereocenters. The molecule has 0 aliphatic carbocycles. The number of carbonyl (C=O) groups is 2. The van der Waals surface area contributed by atoms with Crippen LogP contribution in [0.4, 0.5) is 0 Å². The zero-order chi connectivity index (χ0) is 14.9. The molecule has 2 aromatic rings. The maximum Gasteiger partial charge on any atom is 0.342 e. The summed E-state index contributed by atoms with van der Waals surface area (Å²) >= 11 is 0. The number of nitrogens with two attached hydrogens (primary N) is 1. The molecule has 8 heteroatoms. The number of nitrogens with zero attached hydrogens (tertiary/aromatic N) is 2. The van der Waals surface area contributed by atoms with Crippen LogP contribution >= 0.6 is 0 Å². The van der Waals surface area contributed by atoms with Gasteiger partial charge in [0.2, 0.25) is 11.6 Å². The molecule has 0 saturated heterocycles. The standard InChI is InChI=1S/C12H13N3O5/c1-3-19-12(18)8-6(2)20-10-9(8)11(17)15(5-14-10)4-7(13)16/h5H,3-4H2,1-2H3,(H2,13,16). The summed E-state index contributed by atoms with van der Waals surface area (Å²) in [5.74, 6) is -1.12. The maximum absolute atomic E-state index is 12.3. The van der Waals surface area contributed by atoms with Crippen LogP contribution in [0.25, 0.3) is 11.1 Å². The largest absolute Gasteiger partial charge is 0.462 e. The number of rotatable bonds is 4. The number of fused-ring (bicyclic) bond motifs is 1. The summed E-state index contributed by atoms with van der Waals surface area (Å²) in [5, 5.41) is -0.00954. The predicted molar refractivity (Wildman–Crippen MR) is 68.2 cm³/mol. The first-order chi connectivity index (χ1) is 9.45. The van der Waals surface area contributed by atoms with Gasteiger partial charge in [0.15, 0.2) is 0 Å². The molecular formula is C12H13N3O5. The molecule has 8 nitrogen and oxygen atoms in total. The fourth-order valence-corrected chi connectivity index (χ4v) is 1.87. The Balaban J connectivity index is 2.69. The van der Waals surface area contributed by atoms with E-state index in [0.29, 0.717) is 0 Å². The SMILES string of the molecule is CCOC(=O)c1c(C)oc2ncn(CC(N)=O)c(=O)c12. The molecule has 0 aromatic carbocycles. The molecule has 2 heterocycles. The van der Waals surface area contributed by atoms with Crippen LogP contribution in [0.5, 0.6) is 0 Å². The highest BCUT2D eigenvalue weighted by Crippen LogP contribution is 2.21. The third-order valence-corrected chi connectivity index (χ3v) is 2.66. The highest BCUT2D eigenvalue weighted by atomic mass is 16.5. The molecule has 0 aliphatic heterocycles. The van der Waals surface area contributed by atoms with Crippen molar-refractivity contribution in [3.8, 4) is 0 Å². The smallest absolute Gasteiger partial charge is 0.342 e. The van der Waals surface area contributed by atoms with E-state index < -0.39 is 17.4 Å². The van der Waals surface area contributed by atoms with Crippen LogP contribution in [-0.4, -0.2) is 28.0 Å². The van der Waals surface area contributed by atoms with Crippen molar-refractivity contribution in [2.45, 2.75) is 20.4 Å². The number of primary amides is 1. The van der Waals surface area contributed by atoms with E-state index in [4.69, 9.17) is 14.9 Å². The lowest BCUT2D eigenvalue weighted by molar-refractivity contribution is -0.118. The van der Waals surface area contributed by atoms with Gasteiger partial charge in [-0.15, -0.1) is 0 Å². The van der Waals surface area contributed by atoms with E-state index in [2.05, 4.69) is 4.98 Å². The second-order valence-corrected chi connectivity index (χ2v) is 4.08. The monoisotopic (exact) mass is 279 g/mol. The quantitative estimate of drug-likeness (QED) is 0.784. The molecule has 106 valence electrons. The Hall–Kier alpha value is -2.64. The van der Waals surface area contributed by atoms with Gasteiger partial charge in [0.25, 0.3) is 5.56 Å². The Bertz CT molecular complexity index is 743. The number of aromatic nitrogens is 2. The number of carbonyl (C=O) groups excluding carboxylic acids is 2. The van der Waals surface area contributed by atoms with Crippen LogP contribution in [-0.2, 0) is 16.1 Å². The Labute approximate surface area is 113 Å². The number of furan rings is 1. The molecule has 0 aliphatic rings. The van der Waals surface area contributed by atoms with Crippen molar-refractivity contribution < 1.29 is 18.7 Å². The first-order valence-electron chi connectivity index (χ1n) is 5.89. The van der Waals surface area contributed by atoms with Gasteiger partial charge >= 0.3 is 5.97 Å². The number of hydrogen-bond donors (Lipinski definition) is 1. The highest BCUT2D eigenvalue weighted by molar-refractivity contribution is 6.03. The van der Waals surface area contributed by atoms with Crippen molar-refractivity contribution >= 4 is 23.0 Å². The fourth-order valence-electron chi connectivity index (χ4n) is 1.87. The van der Waals surface area contributed by atoms with Gasteiger partial charge in [0, 0.05) is 0 Å². The van der Waals surface area contributed by atoms with E-state index in [1.54, 1.807) is 6.92 Å². The lowest BCUT2D eigenvalue weighted by atomic mass is 10.2. The Morgan fingerprint density at radius 1 is 1.50 bits per heavy atom. The molecule has 20 heavy (non-hydrogen) atoms. The fraction of sp³-hybridized carbons (Fsp3) is 0.333. The van der Waals surface area contributed by atoms with Crippen LogP contribution in [0, 0.1) is 6.92 Å². The van der Waals surface area contributed by atoms with Crippen LogP contribution < -0.4 is 11.3 Å². The Kier molecular flexibility index (Phi) is 3.55.